The second-order valence-corrected chi connectivity index (χ2v) is 4.54. The molecule has 0 saturated carbocycles. The van der Waals surface area contributed by atoms with Crippen molar-refractivity contribution in [1.29, 1.82) is 0 Å². The highest BCUT2D eigenvalue weighted by Gasteiger charge is 2.04. The maximum absolute atomic E-state index is 5.58. The molecule has 1 N–H and O–H groups in total. The monoisotopic (exact) mass is 261 g/mol. The number of aryl methyl sites for hydroxylation is 1. The van der Waals surface area contributed by atoms with Crippen LogP contribution in [0.5, 0.6) is 5.75 Å². The Hall–Kier alpha value is -1.88. The fraction of sp³-hybridized carbons (Fsp3) is 0.429. The molecule has 2 rings (SSSR count). The van der Waals surface area contributed by atoms with Gasteiger partial charge in [-0.2, -0.15) is 0 Å². The summed E-state index contributed by atoms with van der Waals surface area (Å²) in [5.41, 5.74) is 1.28. The predicted molar refractivity (Wildman–Crippen MR) is 72.0 cm³/mol. The molecule has 0 aliphatic carbocycles. The zero-order chi connectivity index (χ0) is 13.7. The van der Waals surface area contributed by atoms with Crippen molar-refractivity contribution >= 4 is 0 Å². The summed E-state index contributed by atoms with van der Waals surface area (Å²) in [5.74, 6) is 1.84. The van der Waals surface area contributed by atoms with Gasteiger partial charge in [0.05, 0.1) is 0 Å². The minimum Gasteiger partial charge on any atom is -0.484 e. The number of aromatic nitrogens is 2. The highest BCUT2D eigenvalue weighted by atomic mass is 16.5. The second kappa shape index (κ2) is 6.33. The van der Waals surface area contributed by atoms with Crippen LogP contribution in [0.1, 0.15) is 24.3 Å². The van der Waals surface area contributed by atoms with Crippen LogP contribution in [0.15, 0.2) is 28.7 Å². The number of nitrogens with zero attached hydrogens (tertiary/aromatic N) is 2. The highest BCUT2D eigenvalue weighted by molar-refractivity contribution is 5.27. The Labute approximate surface area is 113 Å². The van der Waals surface area contributed by atoms with E-state index < -0.39 is 0 Å². The van der Waals surface area contributed by atoms with Gasteiger partial charge in [-0.1, -0.05) is 12.1 Å². The SMILES string of the molecule is CNC(C)Cc1ccc(OCc2nnc(C)o2)cc1. The molecule has 2 aromatic rings. The highest BCUT2D eigenvalue weighted by Crippen LogP contribution is 2.15. The number of nitrogens with one attached hydrogen (secondary N) is 1. The van der Waals surface area contributed by atoms with E-state index in [2.05, 4.69) is 34.6 Å². The zero-order valence-electron chi connectivity index (χ0n) is 11.5. The van der Waals surface area contributed by atoms with Gasteiger partial charge in [0, 0.05) is 13.0 Å². The van der Waals surface area contributed by atoms with Crippen molar-refractivity contribution in [3.05, 3.63) is 41.6 Å². The number of benzene rings is 1. The Balaban J connectivity index is 1.88. The molecule has 1 unspecified atom stereocenters. The number of hydrogen-bond acceptors (Lipinski definition) is 5. The first-order chi connectivity index (χ1) is 9.17. The fourth-order valence-corrected chi connectivity index (χ4v) is 1.72. The van der Waals surface area contributed by atoms with Crippen LogP contribution >= 0.6 is 0 Å². The average Bonchev–Trinajstić information content (AvgIpc) is 2.83. The summed E-state index contributed by atoms with van der Waals surface area (Å²) in [4.78, 5) is 0. The van der Waals surface area contributed by atoms with Crippen LogP contribution in [0.25, 0.3) is 0 Å². The molecular weight excluding hydrogens is 242 g/mol. The standard InChI is InChI=1S/C14H19N3O2/c1-10(15-3)8-12-4-6-13(7-5-12)18-9-14-17-16-11(2)19-14/h4-7,10,15H,8-9H2,1-3H3. The van der Waals surface area contributed by atoms with Crippen molar-refractivity contribution in [2.24, 2.45) is 0 Å². The number of hydrogen-bond donors (Lipinski definition) is 1. The topological polar surface area (TPSA) is 60.2 Å². The van der Waals surface area contributed by atoms with Crippen molar-refractivity contribution in [3.8, 4) is 5.75 Å². The molecule has 5 nitrogen and oxygen atoms in total. The molecule has 0 spiro atoms. The van der Waals surface area contributed by atoms with Gasteiger partial charge in [-0.05, 0) is 38.1 Å². The summed E-state index contributed by atoms with van der Waals surface area (Å²) >= 11 is 0. The van der Waals surface area contributed by atoms with Gasteiger partial charge in [-0.15, -0.1) is 10.2 Å². The Morgan fingerprint density at radius 3 is 2.58 bits per heavy atom. The number of rotatable bonds is 6. The Morgan fingerprint density at radius 1 is 1.26 bits per heavy atom. The van der Waals surface area contributed by atoms with Crippen LogP contribution in [0, 0.1) is 6.92 Å². The van der Waals surface area contributed by atoms with Gasteiger partial charge in [-0.25, -0.2) is 0 Å². The van der Waals surface area contributed by atoms with E-state index >= 15 is 0 Å². The third-order valence-electron chi connectivity index (χ3n) is 2.89. The summed E-state index contributed by atoms with van der Waals surface area (Å²) in [6.45, 7) is 4.21. The second-order valence-electron chi connectivity index (χ2n) is 4.54. The summed E-state index contributed by atoms with van der Waals surface area (Å²) in [7, 11) is 1.97. The maximum Gasteiger partial charge on any atom is 0.253 e. The first kappa shape index (κ1) is 13.5. The van der Waals surface area contributed by atoms with Gasteiger partial charge in [0.15, 0.2) is 6.61 Å². The maximum atomic E-state index is 5.58. The van der Waals surface area contributed by atoms with E-state index in [1.807, 2.05) is 19.2 Å². The van der Waals surface area contributed by atoms with Gasteiger partial charge in [0.25, 0.3) is 5.89 Å². The lowest BCUT2D eigenvalue weighted by Crippen LogP contribution is -2.23. The normalized spacial score (nSPS) is 12.4. The summed E-state index contributed by atoms with van der Waals surface area (Å²) in [6.07, 6.45) is 1.000. The quantitative estimate of drug-likeness (QED) is 0.863. The van der Waals surface area contributed by atoms with Crippen LogP contribution < -0.4 is 10.1 Å². The molecule has 19 heavy (non-hydrogen) atoms. The smallest absolute Gasteiger partial charge is 0.253 e. The van der Waals surface area contributed by atoms with Crippen LogP contribution in [-0.2, 0) is 13.0 Å². The molecule has 1 aromatic carbocycles. The zero-order valence-corrected chi connectivity index (χ0v) is 11.5. The number of ether oxygens (including phenoxy) is 1. The van der Waals surface area contributed by atoms with E-state index in [0.29, 0.717) is 24.4 Å². The minimum absolute atomic E-state index is 0.299. The van der Waals surface area contributed by atoms with Crippen LogP contribution in [0.2, 0.25) is 0 Å². The molecule has 1 heterocycles. The number of likely N-dealkylation sites (N-methyl/N-ethyl adjacent to an activating group) is 1. The summed E-state index contributed by atoms with van der Waals surface area (Å²) < 4.78 is 10.8. The molecule has 0 amide bonds. The average molecular weight is 261 g/mol. The molecule has 0 fully saturated rings. The van der Waals surface area contributed by atoms with Crippen molar-refractivity contribution in [1.82, 2.24) is 15.5 Å². The van der Waals surface area contributed by atoms with Crippen LogP contribution in [-0.4, -0.2) is 23.3 Å². The van der Waals surface area contributed by atoms with Crippen LogP contribution in [0.4, 0.5) is 0 Å². The molecule has 0 aliphatic heterocycles. The third-order valence-corrected chi connectivity index (χ3v) is 2.89. The van der Waals surface area contributed by atoms with E-state index in [9.17, 15) is 0 Å². The third kappa shape index (κ3) is 4.06. The summed E-state index contributed by atoms with van der Waals surface area (Å²) in [5, 5.41) is 10.8. The summed E-state index contributed by atoms with van der Waals surface area (Å²) in [6, 6.07) is 8.53. The molecule has 1 aromatic heterocycles. The first-order valence-corrected chi connectivity index (χ1v) is 6.35. The van der Waals surface area contributed by atoms with Crippen molar-refractivity contribution in [2.45, 2.75) is 32.9 Å². The van der Waals surface area contributed by atoms with E-state index in [4.69, 9.17) is 9.15 Å². The van der Waals surface area contributed by atoms with Crippen molar-refractivity contribution < 1.29 is 9.15 Å². The Morgan fingerprint density at radius 2 is 2.00 bits per heavy atom. The van der Waals surface area contributed by atoms with Gasteiger partial charge < -0.3 is 14.5 Å². The lowest BCUT2D eigenvalue weighted by Gasteiger charge is -2.10. The lowest BCUT2D eigenvalue weighted by molar-refractivity contribution is 0.260. The molecule has 5 heteroatoms. The molecule has 0 bridgehead atoms. The Bertz CT molecular complexity index is 508. The van der Waals surface area contributed by atoms with E-state index in [-0.39, 0.29) is 0 Å². The minimum atomic E-state index is 0.299. The molecule has 102 valence electrons. The fourth-order valence-electron chi connectivity index (χ4n) is 1.72. The van der Waals surface area contributed by atoms with E-state index in [0.717, 1.165) is 12.2 Å². The predicted octanol–water partition coefficient (Wildman–Crippen LogP) is 2.11. The van der Waals surface area contributed by atoms with E-state index in [1.54, 1.807) is 6.92 Å². The van der Waals surface area contributed by atoms with Gasteiger partial charge >= 0.3 is 0 Å². The van der Waals surface area contributed by atoms with Gasteiger partial charge in [0.1, 0.15) is 5.75 Å². The molecule has 1 atom stereocenters. The molecule has 0 radical (unpaired) electrons. The largest absolute Gasteiger partial charge is 0.484 e. The first-order valence-electron chi connectivity index (χ1n) is 6.35. The molecule has 0 saturated heterocycles. The molecular formula is C14H19N3O2. The van der Waals surface area contributed by atoms with Gasteiger partial charge in [0.2, 0.25) is 5.89 Å². The van der Waals surface area contributed by atoms with Crippen LogP contribution in [0.3, 0.4) is 0 Å². The van der Waals surface area contributed by atoms with Gasteiger partial charge in [-0.3, -0.25) is 0 Å². The Kier molecular flexibility index (Phi) is 4.52. The van der Waals surface area contributed by atoms with Crippen molar-refractivity contribution in [2.75, 3.05) is 7.05 Å². The van der Waals surface area contributed by atoms with Crippen molar-refractivity contribution in [3.63, 3.8) is 0 Å². The lowest BCUT2D eigenvalue weighted by atomic mass is 10.1. The molecule has 0 aliphatic rings. The van der Waals surface area contributed by atoms with E-state index in [1.165, 1.54) is 5.56 Å².